The molecule has 0 amide bonds. The van der Waals surface area contributed by atoms with Crippen LogP contribution in [-0.2, 0) is 15.9 Å². The molecule has 118 valence electrons. The van der Waals surface area contributed by atoms with Crippen molar-refractivity contribution in [2.75, 3.05) is 0 Å². The summed E-state index contributed by atoms with van der Waals surface area (Å²) in [5.41, 5.74) is 3.14. The summed E-state index contributed by atoms with van der Waals surface area (Å²) in [6.07, 6.45) is 0. The van der Waals surface area contributed by atoms with Crippen LogP contribution in [-0.4, -0.2) is 13.0 Å². The predicted octanol–water partition coefficient (Wildman–Crippen LogP) is 4.43. The maximum absolute atomic E-state index is 10.4. The highest BCUT2D eigenvalue weighted by Crippen LogP contribution is 2.17. The normalized spacial score (nSPS) is 10.5. The predicted molar refractivity (Wildman–Crippen MR) is 93.6 cm³/mol. The summed E-state index contributed by atoms with van der Waals surface area (Å²) in [7, 11) is -3.88. The summed E-state index contributed by atoms with van der Waals surface area (Å²) in [6.45, 7) is 0. The monoisotopic (exact) mass is 326 g/mol. The molecule has 0 radical (unpaired) electrons. The molecule has 0 unspecified atom stereocenters. The first-order valence-electron chi connectivity index (χ1n) is 7.14. The second kappa shape index (κ2) is 8.27. The third-order valence-electron chi connectivity index (χ3n) is 3.07. The summed E-state index contributed by atoms with van der Waals surface area (Å²) < 4.78 is 29.2. The minimum absolute atomic E-state index is 0.312. The molecule has 4 heteroatoms. The van der Waals surface area contributed by atoms with Gasteiger partial charge in [-0.15, -0.1) is 0 Å². The molecule has 0 aromatic heterocycles. The molecule has 0 saturated heterocycles. The van der Waals surface area contributed by atoms with Gasteiger partial charge in [-0.1, -0.05) is 91.0 Å². The van der Waals surface area contributed by atoms with Gasteiger partial charge in [0.2, 0.25) is 0 Å². The highest BCUT2D eigenvalue weighted by molar-refractivity contribution is 7.85. The summed E-state index contributed by atoms with van der Waals surface area (Å²) in [5.74, 6) is -0.312. The van der Waals surface area contributed by atoms with Crippen molar-refractivity contribution in [2.45, 2.75) is 5.75 Å². The van der Waals surface area contributed by atoms with E-state index in [9.17, 15) is 8.42 Å². The first kappa shape index (κ1) is 16.9. The van der Waals surface area contributed by atoms with Crippen LogP contribution in [0.3, 0.4) is 0 Å². The van der Waals surface area contributed by atoms with E-state index in [0.29, 0.717) is 5.56 Å². The zero-order valence-electron chi connectivity index (χ0n) is 12.5. The summed E-state index contributed by atoms with van der Waals surface area (Å²) in [5, 5.41) is 0. The Labute approximate surface area is 137 Å². The Morgan fingerprint density at radius 3 is 1.30 bits per heavy atom. The summed E-state index contributed by atoms with van der Waals surface area (Å²) in [4.78, 5) is 0. The van der Waals surface area contributed by atoms with E-state index in [1.54, 1.807) is 30.3 Å². The third kappa shape index (κ3) is 6.46. The standard InChI is InChI=1S/C12H10.C7H8O3S/c1-3-7-11(8-4-1)12-9-5-2-6-10-12;8-11(9,10)6-7-4-2-1-3-5-7/h1-10H;1-5H,6H2,(H,8,9,10). The molecule has 0 aliphatic carbocycles. The highest BCUT2D eigenvalue weighted by Gasteiger charge is 2.04. The molecule has 0 aliphatic heterocycles. The first-order chi connectivity index (χ1) is 11.0. The van der Waals surface area contributed by atoms with Gasteiger partial charge in [-0.2, -0.15) is 8.42 Å². The molecule has 0 fully saturated rings. The lowest BCUT2D eigenvalue weighted by Crippen LogP contribution is -2.00. The molecule has 23 heavy (non-hydrogen) atoms. The lowest BCUT2D eigenvalue weighted by atomic mass is 10.1. The van der Waals surface area contributed by atoms with Gasteiger partial charge in [0.15, 0.2) is 0 Å². The smallest absolute Gasteiger partial charge is 0.269 e. The number of rotatable bonds is 3. The van der Waals surface area contributed by atoms with Crippen LogP contribution in [0.1, 0.15) is 5.56 Å². The molecule has 0 bridgehead atoms. The van der Waals surface area contributed by atoms with E-state index in [2.05, 4.69) is 48.5 Å². The van der Waals surface area contributed by atoms with E-state index >= 15 is 0 Å². The molecule has 0 heterocycles. The van der Waals surface area contributed by atoms with E-state index in [-0.39, 0.29) is 5.75 Å². The maximum Gasteiger partial charge on any atom is 0.269 e. The minimum atomic E-state index is -3.88. The van der Waals surface area contributed by atoms with Crippen molar-refractivity contribution >= 4 is 10.1 Å². The van der Waals surface area contributed by atoms with Gasteiger partial charge in [0.1, 0.15) is 5.75 Å². The Bertz CT molecular complexity index is 762. The lowest BCUT2D eigenvalue weighted by Gasteiger charge is -1.98. The quantitative estimate of drug-likeness (QED) is 0.725. The fourth-order valence-corrected chi connectivity index (χ4v) is 2.66. The third-order valence-corrected chi connectivity index (χ3v) is 3.77. The Morgan fingerprint density at radius 2 is 0.957 bits per heavy atom. The van der Waals surface area contributed by atoms with E-state index in [1.807, 2.05) is 12.1 Å². The number of benzene rings is 3. The van der Waals surface area contributed by atoms with Gasteiger partial charge in [0, 0.05) is 0 Å². The van der Waals surface area contributed by atoms with Crippen molar-refractivity contribution in [3.05, 3.63) is 96.6 Å². The van der Waals surface area contributed by atoms with Gasteiger partial charge >= 0.3 is 0 Å². The van der Waals surface area contributed by atoms with Crippen molar-refractivity contribution in [3.8, 4) is 11.1 Å². The minimum Gasteiger partial charge on any atom is -0.285 e. The Kier molecular flexibility index (Phi) is 6.09. The topological polar surface area (TPSA) is 54.4 Å². The Hall–Kier alpha value is -2.43. The molecule has 3 nitrogen and oxygen atoms in total. The average Bonchev–Trinajstić information content (AvgIpc) is 2.56. The molecular formula is C19H18O3S. The second-order valence-electron chi connectivity index (χ2n) is 4.94. The van der Waals surface area contributed by atoms with Crippen molar-refractivity contribution in [1.82, 2.24) is 0 Å². The number of hydrogen-bond acceptors (Lipinski definition) is 2. The van der Waals surface area contributed by atoms with Crippen LogP contribution in [0.4, 0.5) is 0 Å². The Morgan fingerprint density at radius 1 is 0.609 bits per heavy atom. The SMILES string of the molecule is O=S(=O)(O)Cc1ccccc1.c1ccc(-c2ccccc2)cc1. The lowest BCUT2D eigenvalue weighted by molar-refractivity contribution is 0.482. The van der Waals surface area contributed by atoms with Gasteiger partial charge in [-0.3, -0.25) is 4.55 Å². The van der Waals surface area contributed by atoms with Crippen LogP contribution < -0.4 is 0 Å². The van der Waals surface area contributed by atoms with Crippen LogP contribution in [0.5, 0.6) is 0 Å². The van der Waals surface area contributed by atoms with Crippen LogP contribution in [0, 0.1) is 0 Å². The van der Waals surface area contributed by atoms with E-state index in [4.69, 9.17) is 4.55 Å². The number of hydrogen-bond donors (Lipinski definition) is 1. The van der Waals surface area contributed by atoms with Gasteiger partial charge in [-0.25, -0.2) is 0 Å². The molecule has 1 N–H and O–H groups in total. The zero-order valence-corrected chi connectivity index (χ0v) is 13.4. The van der Waals surface area contributed by atoms with Gasteiger partial charge in [-0.05, 0) is 16.7 Å². The van der Waals surface area contributed by atoms with Gasteiger partial charge in [0.05, 0.1) is 0 Å². The highest BCUT2D eigenvalue weighted by atomic mass is 32.2. The fourth-order valence-electron chi connectivity index (χ4n) is 2.05. The average molecular weight is 326 g/mol. The Balaban J connectivity index is 0.000000168. The van der Waals surface area contributed by atoms with Gasteiger partial charge < -0.3 is 0 Å². The molecule has 3 aromatic carbocycles. The first-order valence-corrected chi connectivity index (χ1v) is 8.75. The van der Waals surface area contributed by atoms with Crippen molar-refractivity contribution in [3.63, 3.8) is 0 Å². The molecule has 0 aliphatic rings. The fraction of sp³-hybridized carbons (Fsp3) is 0.0526. The van der Waals surface area contributed by atoms with E-state index in [0.717, 1.165) is 0 Å². The van der Waals surface area contributed by atoms with Crippen LogP contribution in [0.15, 0.2) is 91.0 Å². The summed E-state index contributed by atoms with van der Waals surface area (Å²) >= 11 is 0. The van der Waals surface area contributed by atoms with E-state index in [1.165, 1.54) is 11.1 Å². The second-order valence-corrected chi connectivity index (χ2v) is 6.40. The van der Waals surface area contributed by atoms with Crippen molar-refractivity contribution in [2.24, 2.45) is 0 Å². The summed E-state index contributed by atoms with van der Waals surface area (Å²) in [6, 6.07) is 29.3. The molecular weight excluding hydrogens is 308 g/mol. The molecule has 3 aromatic rings. The van der Waals surface area contributed by atoms with Crippen LogP contribution in [0.25, 0.3) is 11.1 Å². The maximum atomic E-state index is 10.4. The zero-order chi connectivity index (χ0) is 16.5. The largest absolute Gasteiger partial charge is 0.285 e. The van der Waals surface area contributed by atoms with Gasteiger partial charge in [0.25, 0.3) is 10.1 Å². The molecule has 0 saturated carbocycles. The van der Waals surface area contributed by atoms with Crippen molar-refractivity contribution < 1.29 is 13.0 Å². The van der Waals surface area contributed by atoms with Crippen molar-refractivity contribution in [1.29, 1.82) is 0 Å². The van der Waals surface area contributed by atoms with Crippen LogP contribution in [0.2, 0.25) is 0 Å². The molecule has 3 rings (SSSR count). The molecule has 0 atom stereocenters. The van der Waals surface area contributed by atoms with Crippen LogP contribution >= 0.6 is 0 Å². The van der Waals surface area contributed by atoms with E-state index < -0.39 is 10.1 Å². The molecule has 0 spiro atoms.